The molecule has 4 rings (SSSR count). The van der Waals surface area contributed by atoms with E-state index in [0.29, 0.717) is 32.6 Å². The SMILES string of the molecule is CCS(=O)(=O)N1CCN(c2cc(-c3ccc4c(c3)CCC(=O)N4C)cnn2)CC1. The number of aromatic nitrogens is 2. The Bertz CT molecular complexity index is 1030. The van der Waals surface area contributed by atoms with Crippen molar-refractivity contribution in [1.82, 2.24) is 14.5 Å². The third-order valence-electron chi connectivity index (χ3n) is 5.72. The zero-order valence-corrected chi connectivity index (χ0v) is 17.5. The van der Waals surface area contributed by atoms with E-state index in [4.69, 9.17) is 0 Å². The molecule has 0 saturated carbocycles. The molecule has 1 saturated heterocycles. The number of anilines is 2. The van der Waals surface area contributed by atoms with Crippen LogP contribution in [-0.4, -0.2) is 67.8 Å². The molecule has 0 spiro atoms. The monoisotopic (exact) mass is 415 g/mol. The van der Waals surface area contributed by atoms with Crippen molar-refractivity contribution in [2.24, 2.45) is 0 Å². The van der Waals surface area contributed by atoms with E-state index in [0.717, 1.165) is 34.6 Å². The van der Waals surface area contributed by atoms with Crippen molar-refractivity contribution in [1.29, 1.82) is 0 Å². The summed E-state index contributed by atoms with van der Waals surface area (Å²) in [5, 5.41) is 8.43. The van der Waals surface area contributed by atoms with Gasteiger partial charge in [0.25, 0.3) is 0 Å². The fourth-order valence-corrected chi connectivity index (χ4v) is 4.97. The summed E-state index contributed by atoms with van der Waals surface area (Å²) >= 11 is 0. The van der Waals surface area contributed by atoms with Gasteiger partial charge >= 0.3 is 0 Å². The second-order valence-corrected chi connectivity index (χ2v) is 9.64. The molecule has 1 fully saturated rings. The Hall–Kier alpha value is -2.52. The Labute approximate surface area is 171 Å². The number of benzene rings is 1. The summed E-state index contributed by atoms with van der Waals surface area (Å²) in [4.78, 5) is 15.7. The molecule has 154 valence electrons. The van der Waals surface area contributed by atoms with Crippen molar-refractivity contribution in [2.45, 2.75) is 19.8 Å². The van der Waals surface area contributed by atoms with E-state index in [-0.39, 0.29) is 11.7 Å². The van der Waals surface area contributed by atoms with Crippen molar-refractivity contribution >= 4 is 27.4 Å². The van der Waals surface area contributed by atoms with Crippen LogP contribution in [0.25, 0.3) is 11.1 Å². The summed E-state index contributed by atoms with van der Waals surface area (Å²) in [6, 6.07) is 8.10. The minimum Gasteiger partial charge on any atom is -0.352 e. The highest BCUT2D eigenvalue weighted by molar-refractivity contribution is 7.89. The van der Waals surface area contributed by atoms with Gasteiger partial charge in [-0.05, 0) is 42.7 Å². The van der Waals surface area contributed by atoms with Crippen LogP contribution in [-0.2, 0) is 21.2 Å². The van der Waals surface area contributed by atoms with Gasteiger partial charge in [-0.1, -0.05) is 6.07 Å². The summed E-state index contributed by atoms with van der Waals surface area (Å²) in [7, 11) is -1.34. The Morgan fingerprint density at radius 3 is 2.52 bits per heavy atom. The van der Waals surface area contributed by atoms with Crippen molar-refractivity contribution in [3.63, 3.8) is 0 Å². The van der Waals surface area contributed by atoms with Crippen LogP contribution in [0.2, 0.25) is 0 Å². The van der Waals surface area contributed by atoms with E-state index in [1.807, 2.05) is 25.2 Å². The number of piperazine rings is 1. The van der Waals surface area contributed by atoms with Gasteiger partial charge in [-0.15, -0.1) is 5.10 Å². The average molecular weight is 416 g/mol. The lowest BCUT2D eigenvalue weighted by molar-refractivity contribution is -0.118. The van der Waals surface area contributed by atoms with E-state index < -0.39 is 10.0 Å². The van der Waals surface area contributed by atoms with Crippen molar-refractivity contribution < 1.29 is 13.2 Å². The third-order valence-corrected chi connectivity index (χ3v) is 7.60. The van der Waals surface area contributed by atoms with Crippen LogP contribution in [0.15, 0.2) is 30.5 Å². The smallest absolute Gasteiger partial charge is 0.227 e. The summed E-state index contributed by atoms with van der Waals surface area (Å²) in [5.74, 6) is 1.02. The molecule has 29 heavy (non-hydrogen) atoms. The first kappa shape index (κ1) is 19.8. The molecule has 3 heterocycles. The number of nitrogens with zero attached hydrogens (tertiary/aromatic N) is 5. The summed E-state index contributed by atoms with van der Waals surface area (Å²) in [6.07, 6.45) is 3.00. The predicted octanol–water partition coefficient (Wildman–Crippen LogP) is 1.52. The second-order valence-electron chi connectivity index (χ2n) is 7.39. The summed E-state index contributed by atoms with van der Waals surface area (Å²) < 4.78 is 25.6. The van der Waals surface area contributed by atoms with E-state index in [2.05, 4.69) is 21.2 Å². The molecular formula is C20H25N5O3S. The molecular weight excluding hydrogens is 390 g/mol. The zero-order valence-electron chi connectivity index (χ0n) is 16.7. The molecule has 0 unspecified atom stereocenters. The number of carbonyl (C=O) groups is 1. The number of hydrogen-bond donors (Lipinski definition) is 0. The zero-order chi connectivity index (χ0) is 20.6. The molecule has 2 aromatic rings. The molecule has 8 nitrogen and oxygen atoms in total. The highest BCUT2D eigenvalue weighted by Crippen LogP contribution is 2.32. The first-order valence-corrected chi connectivity index (χ1v) is 11.5. The molecule has 2 aliphatic heterocycles. The van der Waals surface area contributed by atoms with Crippen LogP contribution >= 0.6 is 0 Å². The number of fused-ring (bicyclic) bond motifs is 1. The van der Waals surface area contributed by atoms with E-state index in [9.17, 15) is 13.2 Å². The molecule has 0 N–H and O–H groups in total. The van der Waals surface area contributed by atoms with E-state index in [1.54, 1.807) is 22.3 Å². The highest BCUT2D eigenvalue weighted by Gasteiger charge is 2.26. The first-order chi connectivity index (χ1) is 13.9. The molecule has 1 aromatic carbocycles. The quantitative estimate of drug-likeness (QED) is 0.753. The Balaban J connectivity index is 1.54. The van der Waals surface area contributed by atoms with Crippen LogP contribution < -0.4 is 9.80 Å². The fourth-order valence-electron chi connectivity index (χ4n) is 3.88. The lowest BCUT2D eigenvalue weighted by atomic mass is 9.97. The molecule has 2 aliphatic rings. The maximum Gasteiger partial charge on any atom is 0.227 e. The topological polar surface area (TPSA) is 86.7 Å². The van der Waals surface area contributed by atoms with Crippen molar-refractivity contribution in [3.05, 3.63) is 36.0 Å². The largest absolute Gasteiger partial charge is 0.352 e. The van der Waals surface area contributed by atoms with E-state index >= 15 is 0 Å². The molecule has 1 amide bonds. The van der Waals surface area contributed by atoms with Gasteiger partial charge in [0.1, 0.15) is 0 Å². The van der Waals surface area contributed by atoms with Crippen LogP contribution in [0, 0.1) is 0 Å². The van der Waals surface area contributed by atoms with Crippen LogP contribution in [0.3, 0.4) is 0 Å². The highest BCUT2D eigenvalue weighted by atomic mass is 32.2. The number of sulfonamides is 1. The lowest BCUT2D eigenvalue weighted by Gasteiger charge is -2.34. The van der Waals surface area contributed by atoms with Gasteiger partial charge in [0, 0.05) is 50.9 Å². The van der Waals surface area contributed by atoms with E-state index in [1.165, 1.54) is 0 Å². The normalized spacial score (nSPS) is 18.1. The Morgan fingerprint density at radius 2 is 1.79 bits per heavy atom. The summed E-state index contributed by atoms with van der Waals surface area (Å²) in [5.41, 5.74) is 4.11. The molecule has 9 heteroatoms. The molecule has 0 atom stereocenters. The van der Waals surface area contributed by atoms with Gasteiger partial charge in [0.15, 0.2) is 5.82 Å². The molecule has 0 bridgehead atoms. The van der Waals surface area contributed by atoms with Crippen LogP contribution in [0.5, 0.6) is 0 Å². The van der Waals surface area contributed by atoms with Gasteiger partial charge in [-0.3, -0.25) is 4.79 Å². The minimum absolute atomic E-state index is 0.126. The average Bonchev–Trinajstić information content (AvgIpc) is 2.76. The molecule has 1 aromatic heterocycles. The third kappa shape index (κ3) is 3.84. The predicted molar refractivity (Wildman–Crippen MR) is 112 cm³/mol. The maximum absolute atomic E-state index is 12.1. The van der Waals surface area contributed by atoms with Gasteiger partial charge in [0.2, 0.25) is 15.9 Å². The van der Waals surface area contributed by atoms with Crippen molar-refractivity contribution in [2.75, 3.05) is 48.8 Å². The van der Waals surface area contributed by atoms with Gasteiger partial charge in [-0.25, -0.2) is 8.42 Å². The Morgan fingerprint density at radius 1 is 1.03 bits per heavy atom. The summed E-state index contributed by atoms with van der Waals surface area (Å²) in [6.45, 7) is 3.77. The van der Waals surface area contributed by atoms with Crippen LogP contribution in [0.1, 0.15) is 18.9 Å². The van der Waals surface area contributed by atoms with Crippen molar-refractivity contribution in [3.8, 4) is 11.1 Å². The second kappa shape index (κ2) is 7.72. The minimum atomic E-state index is -3.15. The molecule has 0 radical (unpaired) electrons. The number of amides is 1. The number of rotatable bonds is 4. The number of carbonyl (C=O) groups excluding carboxylic acids is 1. The number of hydrogen-bond acceptors (Lipinski definition) is 6. The van der Waals surface area contributed by atoms with Gasteiger partial charge < -0.3 is 9.80 Å². The maximum atomic E-state index is 12.1. The Kier molecular flexibility index (Phi) is 5.26. The van der Waals surface area contributed by atoms with Gasteiger partial charge in [0.05, 0.1) is 11.9 Å². The first-order valence-electron chi connectivity index (χ1n) is 9.84. The lowest BCUT2D eigenvalue weighted by Crippen LogP contribution is -2.49. The van der Waals surface area contributed by atoms with Crippen LogP contribution in [0.4, 0.5) is 11.5 Å². The molecule has 0 aliphatic carbocycles. The number of aryl methyl sites for hydroxylation is 1. The standard InChI is InChI=1S/C20H25N5O3S/c1-3-29(27,28)25-10-8-24(9-11-25)19-13-17(14-21-22-19)15-4-6-18-16(12-15)5-7-20(26)23(18)2/h4,6,12-14H,3,5,7-11H2,1-2H3. The fraction of sp³-hybridized carbons (Fsp3) is 0.450. The van der Waals surface area contributed by atoms with Gasteiger partial charge in [-0.2, -0.15) is 9.40 Å².